The summed E-state index contributed by atoms with van der Waals surface area (Å²) in [6.45, 7) is 5.58. The van der Waals surface area contributed by atoms with Gasteiger partial charge in [0.25, 0.3) is 0 Å². The van der Waals surface area contributed by atoms with Crippen LogP contribution in [0.1, 0.15) is 26.3 Å². The Labute approximate surface area is 95.5 Å². The molecule has 84 valence electrons. The summed E-state index contributed by atoms with van der Waals surface area (Å²) in [5, 5.41) is 9.45. The van der Waals surface area contributed by atoms with E-state index in [4.69, 9.17) is 5.10 Å². The number of nitrogens with one attached hydrogen (secondary N) is 1. The van der Waals surface area contributed by atoms with Gasteiger partial charge in [-0.05, 0) is 24.5 Å². The first-order valence-corrected chi connectivity index (χ1v) is 6.02. The lowest BCUT2D eigenvalue weighted by molar-refractivity contribution is 0.315. The molecule has 0 saturated carbocycles. The zero-order chi connectivity index (χ0) is 11.1. The van der Waals surface area contributed by atoms with E-state index in [-0.39, 0.29) is 0 Å². The Morgan fingerprint density at radius 2 is 2.25 bits per heavy atom. The Bertz CT molecular complexity index is 515. The van der Waals surface area contributed by atoms with E-state index in [0.29, 0.717) is 12.0 Å². The van der Waals surface area contributed by atoms with E-state index in [1.54, 1.807) is 0 Å². The van der Waals surface area contributed by atoms with Crippen molar-refractivity contribution < 1.29 is 0 Å². The number of aromatic nitrogens is 2. The van der Waals surface area contributed by atoms with Gasteiger partial charge in [-0.15, -0.1) is 0 Å². The average Bonchev–Trinajstić information content (AvgIpc) is 2.67. The summed E-state index contributed by atoms with van der Waals surface area (Å²) in [7, 11) is 0. The van der Waals surface area contributed by atoms with Crippen LogP contribution in [-0.4, -0.2) is 16.3 Å². The van der Waals surface area contributed by atoms with Gasteiger partial charge in [0.1, 0.15) is 5.82 Å². The van der Waals surface area contributed by atoms with Crippen molar-refractivity contribution in [2.75, 3.05) is 11.9 Å². The zero-order valence-corrected chi connectivity index (χ0v) is 9.77. The molecule has 3 nitrogen and oxygen atoms in total. The third kappa shape index (κ3) is 1.24. The molecular formula is C13H17N3. The molecule has 0 amide bonds. The Hall–Kier alpha value is -1.51. The van der Waals surface area contributed by atoms with Crippen molar-refractivity contribution in [2.24, 2.45) is 5.92 Å². The molecule has 0 spiro atoms. The van der Waals surface area contributed by atoms with Crippen LogP contribution in [0.4, 0.5) is 5.82 Å². The summed E-state index contributed by atoms with van der Waals surface area (Å²) in [5.41, 5.74) is 1.09. The number of fused-ring (bicyclic) bond motifs is 3. The minimum atomic E-state index is 0.531. The van der Waals surface area contributed by atoms with Crippen LogP contribution in [0, 0.1) is 5.92 Å². The van der Waals surface area contributed by atoms with Crippen LogP contribution in [-0.2, 0) is 0 Å². The average molecular weight is 215 g/mol. The fourth-order valence-corrected chi connectivity index (χ4v) is 2.68. The topological polar surface area (TPSA) is 29.9 Å². The highest BCUT2D eigenvalue weighted by atomic mass is 15.4. The molecule has 3 rings (SSSR count). The van der Waals surface area contributed by atoms with Gasteiger partial charge in [0.05, 0.1) is 11.6 Å². The summed E-state index contributed by atoms with van der Waals surface area (Å²) >= 11 is 0. The molecule has 2 atom stereocenters. The van der Waals surface area contributed by atoms with E-state index >= 15 is 0 Å². The molecule has 1 aliphatic rings. The van der Waals surface area contributed by atoms with Crippen LogP contribution in [0.5, 0.6) is 0 Å². The van der Waals surface area contributed by atoms with Gasteiger partial charge in [-0.2, -0.15) is 5.10 Å². The van der Waals surface area contributed by atoms with Gasteiger partial charge in [0.15, 0.2) is 0 Å². The molecule has 1 aromatic carbocycles. The molecule has 1 N–H and O–H groups in total. The standard InChI is InChI=1S/C13H17N3/c1-3-12-9(2)8-14-13-10-6-4-5-7-11(10)15-16(12)13/h4-7,9,12,14H,3,8H2,1-2H3. The number of rotatable bonds is 1. The second-order valence-corrected chi connectivity index (χ2v) is 4.64. The van der Waals surface area contributed by atoms with Crippen molar-refractivity contribution in [3.63, 3.8) is 0 Å². The van der Waals surface area contributed by atoms with E-state index in [2.05, 4.69) is 42.0 Å². The van der Waals surface area contributed by atoms with Gasteiger partial charge in [0.2, 0.25) is 0 Å². The van der Waals surface area contributed by atoms with Gasteiger partial charge >= 0.3 is 0 Å². The van der Waals surface area contributed by atoms with Gasteiger partial charge < -0.3 is 5.32 Å². The third-order valence-electron chi connectivity index (χ3n) is 3.58. The second kappa shape index (κ2) is 3.51. The lowest BCUT2D eigenvalue weighted by Crippen LogP contribution is -2.30. The lowest BCUT2D eigenvalue weighted by atomic mass is 9.98. The van der Waals surface area contributed by atoms with Crippen LogP contribution in [0.3, 0.4) is 0 Å². The van der Waals surface area contributed by atoms with Crippen LogP contribution in [0.25, 0.3) is 10.9 Å². The van der Waals surface area contributed by atoms with Crippen LogP contribution in [0.2, 0.25) is 0 Å². The van der Waals surface area contributed by atoms with E-state index < -0.39 is 0 Å². The number of benzene rings is 1. The van der Waals surface area contributed by atoms with Crippen molar-refractivity contribution in [3.8, 4) is 0 Å². The molecule has 2 heterocycles. The predicted octanol–water partition coefficient (Wildman–Crippen LogP) is 3.05. The summed E-state index contributed by atoms with van der Waals surface area (Å²) in [4.78, 5) is 0. The van der Waals surface area contributed by atoms with Gasteiger partial charge in [-0.3, -0.25) is 0 Å². The molecule has 0 fully saturated rings. The van der Waals surface area contributed by atoms with E-state index in [1.165, 1.54) is 11.2 Å². The fraction of sp³-hybridized carbons (Fsp3) is 0.462. The maximum Gasteiger partial charge on any atom is 0.132 e. The van der Waals surface area contributed by atoms with Crippen molar-refractivity contribution in [3.05, 3.63) is 24.3 Å². The second-order valence-electron chi connectivity index (χ2n) is 4.64. The third-order valence-corrected chi connectivity index (χ3v) is 3.58. The highest BCUT2D eigenvalue weighted by Gasteiger charge is 2.27. The van der Waals surface area contributed by atoms with Crippen LogP contribution < -0.4 is 5.32 Å². The molecule has 1 aromatic heterocycles. The molecule has 0 radical (unpaired) electrons. The highest BCUT2D eigenvalue weighted by molar-refractivity contribution is 5.90. The van der Waals surface area contributed by atoms with Gasteiger partial charge in [-0.25, -0.2) is 4.68 Å². The van der Waals surface area contributed by atoms with Gasteiger partial charge in [0, 0.05) is 11.9 Å². The lowest BCUT2D eigenvalue weighted by Gasteiger charge is -2.30. The Morgan fingerprint density at radius 1 is 1.44 bits per heavy atom. The fourth-order valence-electron chi connectivity index (χ4n) is 2.68. The van der Waals surface area contributed by atoms with Crippen molar-refractivity contribution >= 4 is 16.7 Å². The maximum absolute atomic E-state index is 4.71. The van der Waals surface area contributed by atoms with E-state index in [0.717, 1.165) is 18.5 Å². The molecule has 0 saturated heterocycles. The first kappa shape index (κ1) is 9.70. The van der Waals surface area contributed by atoms with Crippen LogP contribution >= 0.6 is 0 Å². The molecule has 3 heteroatoms. The zero-order valence-electron chi connectivity index (χ0n) is 9.77. The first-order chi connectivity index (χ1) is 7.81. The molecule has 0 bridgehead atoms. The number of hydrogen-bond acceptors (Lipinski definition) is 2. The summed E-state index contributed by atoms with van der Waals surface area (Å²) in [6, 6.07) is 8.88. The summed E-state index contributed by atoms with van der Waals surface area (Å²) < 4.78 is 2.18. The normalized spacial score (nSPS) is 24.1. The summed E-state index contributed by atoms with van der Waals surface area (Å²) in [5.74, 6) is 1.84. The predicted molar refractivity (Wildman–Crippen MR) is 66.7 cm³/mol. The number of anilines is 1. The Morgan fingerprint density at radius 3 is 3.06 bits per heavy atom. The Kier molecular flexibility index (Phi) is 2.13. The van der Waals surface area contributed by atoms with Crippen molar-refractivity contribution in [1.29, 1.82) is 0 Å². The monoisotopic (exact) mass is 215 g/mol. The molecule has 0 aliphatic carbocycles. The molecule has 2 aromatic rings. The quantitative estimate of drug-likeness (QED) is 0.792. The smallest absolute Gasteiger partial charge is 0.132 e. The van der Waals surface area contributed by atoms with Gasteiger partial charge in [-0.1, -0.05) is 26.0 Å². The first-order valence-electron chi connectivity index (χ1n) is 6.02. The van der Waals surface area contributed by atoms with Crippen LogP contribution in [0.15, 0.2) is 24.3 Å². The maximum atomic E-state index is 4.71. The molecule has 16 heavy (non-hydrogen) atoms. The Balaban J connectivity index is 2.22. The largest absolute Gasteiger partial charge is 0.369 e. The SMILES string of the molecule is CCC1C(C)CNc2c3ccccc3nn21. The molecular weight excluding hydrogens is 198 g/mol. The minimum absolute atomic E-state index is 0.531. The number of nitrogens with zero attached hydrogens (tertiary/aromatic N) is 2. The van der Waals surface area contributed by atoms with E-state index in [9.17, 15) is 0 Å². The summed E-state index contributed by atoms with van der Waals surface area (Å²) in [6.07, 6.45) is 1.14. The van der Waals surface area contributed by atoms with Crippen molar-refractivity contribution in [1.82, 2.24) is 9.78 Å². The minimum Gasteiger partial charge on any atom is -0.369 e. The molecule has 2 unspecified atom stereocenters. The highest BCUT2D eigenvalue weighted by Crippen LogP contribution is 2.34. The number of hydrogen-bond donors (Lipinski definition) is 1. The van der Waals surface area contributed by atoms with E-state index in [1.807, 2.05) is 6.07 Å². The molecule has 1 aliphatic heterocycles. The van der Waals surface area contributed by atoms with Crippen molar-refractivity contribution in [2.45, 2.75) is 26.3 Å².